The lowest BCUT2D eigenvalue weighted by Crippen LogP contribution is -2.01. The summed E-state index contributed by atoms with van der Waals surface area (Å²) in [7, 11) is 0. The van der Waals surface area contributed by atoms with Crippen LogP contribution in [0.15, 0.2) is 72.8 Å². The molecule has 0 heterocycles. The topological polar surface area (TPSA) is 17.1 Å². The largest absolute Gasteiger partial charge is 0.289 e. The molecule has 0 unspecified atom stereocenters. The van der Waals surface area contributed by atoms with Crippen LogP contribution < -0.4 is 0 Å². The Morgan fingerprint density at radius 2 is 1.08 bits per heavy atom. The molecule has 0 N–H and O–H groups in total. The molecule has 0 amide bonds. The van der Waals surface area contributed by atoms with Crippen LogP contribution in [0.5, 0.6) is 0 Å². The van der Waals surface area contributed by atoms with E-state index in [1.54, 1.807) is 0 Å². The van der Waals surface area contributed by atoms with E-state index in [2.05, 4.69) is 43.3 Å². The Kier molecular flexibility index (Phi) is 4.90. The Labute approximate surface area is 144 Å². The van der Waals surface area contributed by atoms with Gasteiger partial charge in [-0.05, 0) is 36.5 Å². The van der Waals surface area contributed by atoms with E-state index in [-0.39, 0.29) is 5.78 Å². The van der Waals surface area contributed by atoms with Gasteiger partial charge in [-0.25, -0.2) is 0 Å². The highest BCUT2D eigenvalue weighted by Gasteiger charge is 2.08. The highest BCUT2D eigenvalue weighted by atomic mass is 16.1. The highest BCUT2D eigenvalue weighted by Crippen LogP contribution is 2.15. The van der Waals surface area contributed by atoms with Crippen molar-refractivity contribution in [1.82, 2.24) is 0 Å². The molecule has 120 valence electrons. The van der Waals surface area contributed by atoms with E-state index in [4.69, 9.17) is 0 Å². The van der Waals surface area contributed by atoms with Gasteiger partial charge in [0.15, 0.2) is 5.78 Å². The predicted octanol–water partition coefficient (Wildman–Crippen LogP) is 5.38. The molecular weight excluding hydrogens is 292 g/mol. The summed E-state index contributed by atoms with van der Waals surface area (Å²) in [5, 5.41) is 0. The van der Waals surface area contributed by atoms with E-state index in [1.165, 1.54) is 16.7 Å². The summed E-state index contributed by atoms with van der Waals surface area (Å²) in [5.41, 5.74) is 6.52. The van der Waals surface area contributed by atoms with E-state index in [0.717, 1.165) is 29.5 Å². The van der Waals surface area contributed by atoms with Crippen molar-refractivity contribution in [3.63, 3.8) is 0 Å². The van der Waals surface area contributed by atoms with Crippen LogP contribution in [0.25, 0.3) is 0 Å². The first-order valence-electron chi connectivity index (χ1n) is 8.44. The zero-order chi connectivity index (χ0) is 16.9. The molecule has 3 aromatic carbocycles. The van der Waals surface area contributed by atoms with Crippen molar-refractivity contribution in [1.29, 1.82) is 0 Å². The first-order chi connectivity index (χ1) is 11.7. The lowest BCUT2D eigenvalue weighted by molar-refractivity contribution is 0.103. The van der Waals surface area contributed by atoms with Crippen molar-refractivity contribution in [2.24, 2.45) is 0 Å². The van der Waals surface area contributed by atoms with Crippen LogP contribution in [0.1, 0.15) is 45.1 Å². The van der Waals surface area contributed by atoms with Gasteiger partial charge in [-0.15, -0.1) is 0 Å². The molecule has 0 radical (unpaired) electrons. The van der Waals surface area contributed by atoms with Gasteiger partial charge in [0.25, 0.3) is 0 Å². The molecule has 0 saturated carbocycles. The van der Waals surface area contributed by atoms with Crippen molar-refractivity contribution in [2.45, 2.75) is 26.7 Å². The fourth-order valence-corrected chi connectivity index (χ4v) is 2.77. The van der Waals surface area contributed by atoms with Crippen molar-refractivity contribution >= 4 is 5.78 Å². The quantitative estimate of drug-likeness (QED) is 0.578. The van der Waals surface area contributed by atoms with Gasteiger partial charge in [-0.3, -0.25) is 4.79 Å². The highest BCUT2D eigenvalue weighted by molar-refractivity contribution is 6.08. The Hall–Kier alpha value is -2.67. The first kappa shape index (κ1) is 16.2. The third kappa shape index (κ3) is 3.80. The van der Waals surface area contributed by atoms with E-state index in [1.807, 2.05) is 43.3 Å². The van der Waals surface area contributed by atoms with E-state index < -0.39 is 0 Å². The summed E-state index contributed by atoms with van der Waals surface area (Å²) in [6.45, 7) is 4.19. The monoisotopic (exact) mass is 314 g/mol. The van der Waals surface area contributed by atoms with E-state index in [0.29, 0.717) is 0 Å². The molecule has 0 fully saturated rings. The maximum atomic E-state index is 12.5. The fraction of sp³-hybridized carbons (Fsp3) is 0.174. The molecule has 0 saturated heterocycles. The third-order valence-corrected chi connectivity index (χ3v) is 4.37. The molecule has 0 aliphatic rings. The van der Waals surface area contributed by atoms with E-state index >= 15 is 0 Å². The zero-order valence-corrected chi connectivity index (χ0v) is 14.3. The Morgan fingerprint density at radius 1 is 0.667 bits per heavy atom. The first-order valence-corrected chi connectivity index (χ1v) is 8.44. The van der Waals surface area contributed by atoms with Gasteiger partial charge in [0.2, 0.25) is 0 Å². The summed E-state index contributed by atoms with van der Waals surface area (Å²) >= 11 is 0. The number of benzene rings is 3. The van der Waals surface area contributed by atoms with Crippen LogP contribution in [0.3, 0.4) is 0 Å². The molecular formula is C23H22O. The smallest absolute Gasteiger partial charge is 0.193 e. The Bertz CT molecular complexity index is 809. The minimum atomic E-state index is 0.0776. The number of carbonyl (C=O) groups is 1. The maximum Gasteiger partial charge on any atom is 0.193 e. The molecule has 0 spiro atoms. The number of ketones is 1. The molecule has 24 heavy (non-hydrogen) atoms. The normalized spacial score (nSPS) is 10.6. The molecule has 3 rings (SSSR count). The van der Waals surface area contributed by atoms with Gasteiger partial charge in [-0.1, -0.05) is 85.3 Å². The molecule has 0 bridgehead atoms. The number of hydrogen-bond acceptors (Lipinski definition) is 1. The Morgan fingerprint density at radius 3 is 1.58 bits per heavy atom. The summed E-state index contributed by atoms with van der Waals surface area (Å²) in [4.78, 5) is 12.5. The maximum absolute atomic E-state index is 12.5. The summed E-state index contributed by atoms with van der Waals surface area (Å²) in [6, 6.07) is 24.4. The second-order valence-corrected chi connectivity index (χ2v) is 6.24. The van der Waals surface area contributed by atoms with Gasteiger partial charge < -0.3 is 0 Å². The van der Waals surface area contributed by atoms with Gasteiger partial charge in [-0.2, -0.15) is 0 Å². The molecule has 0 atom stereocenters. The molecule has 3 aromatic rings. The molecule has 1 heteroatoms. The third-order valence-electron chi connectivity index (χ3n) is 4.37. The van der Waals surface area contributed by atoms with Gasteiger partial charge >= 0.3 is 0 Å². The van der Waals surface area contributed by atoms with Crippen molar-refractivity contribution in [3.05, 3.63) is 106 Å². The minimum Gasteiger partial charge on any atom is -0.289 e. The van der Waals surface area contributed by atoms with Gasteiger partial charge in [0.05, 0.1) is 0 Å². The lowest BCUT2D eigenvalue weighted by atomic mass is 9.98. The molecule has 1 nitrogen and oxygen atoms in total. The van der Waals surface area contributed by atoms with E-state index in [9.17, 15) is 4.79 Å². The van der Waals surface area contributed by atoms with Crippen LogP contribution in [-0.4, -0.2) is 5.78 Å². The minimum absolute atomic E-state index is 0.0776. The second kappa shape index (κ2) is 7.27. The summed E-state index contributed by atoms with van der Waals surface area (Å²) in [5.74, 6) is 0.0776. The average molecular weight is 314 g/mol. The van der Waals surface area contributed by atoms with Crippen molar-refractivity contribution in [2.75, 3.05) is 0 Å². The summed E-state index contributed by atoms with van der Waals surface area (Å²) in [6.07, 6.45) is 1.96. The van der Waals surface area contributed by atoms with Crippen molar-refractivity contribution < 1.29 is 4.79 Å². The predicted molar refractivity (Wildman–Crippen MR) is 99.7 cm³/mol. The standard InChI is InChI=1S/C23H22O/c1-3-18-6-8-19(9-7-18)16-20-10-14-22(15-11-20)23(24)21-12-4-17(2)5-13-21/h4-15H,3,16H2,1-2H3. The SMILES string of the molecule is CCc1ccc(Cc2ccc(C(=O)c3ccc(C)cc3)cc2)cc1. The van der Waals surface area contributed by atoms with Gasteiger partial charge in [0, 0.05) is 11.1 Å². The summed E-state index contributed by atoms with van der Waals surface area (Å²) < 4.78 is 0. The number of carbonyl (C=O) groups excluding carboxylic acids is 1. The lowest BCUT2D eigenvalue weighted by Gasteiger charge is -2.06. The van der Waals surface area contributed by atoms with Crippen LogP contribution in [-0.2, 0) is 12.8 Å². The Balaban J connectivity index is 1.72. The number of hydrogen-bond donors (Lipinski definition) is 0. The van der Waals surface area contributed by atoms with Crippen LogP contribution in [0.2, 0.25) is 0 Å². The molecule has 0 aliphatic carbocycles. The second-order valence-electron chi connectivity index (χ2n) is 6.24. The molecule has 0 aliphatic heterocycles. The number of aryl methyl sites for hydroxylation is 2. The van der Waals surface area contributed by atoms with Gasteiger partial charge in [0.1, 0.15) is 0 Å². The zero-order valence-electron chi connectivity index (χ0n) is 14.3. The molecule has 0 aromatic heterocycles. The number of rotatable bonds is 5. The van der Waals surface area contributed by atoms with Crippen LogP contribution in [0.4, 0.5) is 0 Å². The van der Waals surface area contributed by atoms with Crippen molar-refractivity contribution in [3.8, 4) is 0 Å². The van der Waals surface area contributed by atoms with Crippen LogP contribution >= 0.6 is 0 Å². The average Bonchev–Trinajstić information content (AvgIpc) is 2.63. The van der Waals surface area contributed by atoms with Crippen LogP contribution in [0, 0.1) is 6.92 Å². The fourth-order valence-electron chi connectivity index (χ4n) is 2.77.